The molecule has 1 heterocycles. The molecule has 1 aliphatic rings. The zero-order valence-electron chi connectivity index (χ0n) is 13.2. The predicted molar refractivity (Wildman–Crippen MR) is 102 cm³/mol. The first-order chi connectivity index (χ1) is 11.6. The Morgan fingerprint density at radius 1 is 1.08 bits per heavy atom. The number of benzene rings is 2. The molecule has 1 saturated heterocycles. The summed E-state index contributed by atoms with van der Waals surface area (Å²) in [5.41, 5.74) is 1.57. The van der Waals surface area contributed by atoms with Gasteiger partial charge in [0.15, 0.2) is 4.32 Å². The van der Waals surface area contributed by atoms with Gasteiger partial charge in [0.1, 0.15) is 11.5 Å². The van der Waals surface area contributed by atoms with Gasteiger partial charge < -0.3 is 9.47 Å². The van der Waals surface area contributed by atoms with Crippen LogP contribution in [0.25, 0.3) is 6.08 Å². The summed E-state index contributed by atoms with van der Waals surface area (Å²) in [5, 5.41) is 0. The van der Waals surface area contributed by atoms with Gasteiger partial charge in [-0.15, -0.1) is 0 Å². The maximum absolute atomic E-state index is 12.7. The first-order valence-corrected chi connectivity index (χ1v) is 8.41. The molecule has 0 spiro atoms. The summed E-state index contributed by atoms with van der Waals surface area (Å²) in [6.45, 7) is 0. The molecule has 1 amide bonds. The average molecular weight is 357 g/mol. The fraction of sp³-hybridized carbons (Fsp3) is 0.111. The van der Waals surface area contributed by atoms with E-state index in [1.165, 1.54) is 11.8 Å². The molecule has 3 rings (SSSR count). The Labute approximate surface area is 150 Å². The monoisotopic (exact) mass is 357 g/mol. The summed E-state index contributed by atoms with van der Waals surface area (Å²) >= 11 is 6.65. The lowest BCUT2D eigenvalue weighted by Gasteiger charge is -2.13. The molecule has 0 unspecified atom stereocenters. The van der Waals surface area contributed by atoms with Crippen molar-refractivity contribution in [3.8, 4) is 11.5 Å². The number of thioether (sulfide) groups is 1. The van der Waals surface area contributed by atoms with E-state index in [1.54, 1.807) is 31.3 Å². The van der Waals surface area contributed by atoms with Gasteiger partial charge in [-0.25, -0.2) is 0 Å². The van der Waals surface area contributed by atoms with E-state index in [9.17, 15) is 4.79 Å². The van der Waals surface area contributed by atoms with Crippen LogP contribution in [0.3, 0.4) is 0 Å². The number of carbonyl (C=O) groups is 1. The van der Waals surface area contributed by atoms with Crippen molar-refractivity contribution in [2.75, 3.05) is 19.1 Å². The highest BCUT2D eigenvalue weighted by molar-refractivity contribution is 8.27. The van der Waals surface area contributed by atoms with Gasteiger partial charge in [0.25, 0.3) is 5.91 Å². The molecular weight excluding hydrogens is 342 g/mol. The molecule has 0 aromatic heterocycles. The molecule has 0 aliphatic carbocycles. The van der Waals surface area contributed by atoms with Gasteiger partial charge >= 0.3 is 0 Å². The van der Waals surface area contributed by atoms with Crippen molar-refractivity contribution in [3.63, 3.8) is 0 Å². The molecule has 24 heavy (non-hydrogen) atoms. The van der Waals surface area contributed by atoms with Crippen molar-refractivity contribution in [1.82, 2.24) is 0 Å². The van der Waals surface area contributed by atoms with Crippen molar-refractivity contribution in [3.05, 3.63) is 59.0 Å². The minimum Gasteiger partial charge on any atom is -0.497 e. The average Bonchev–Trinajstić information content (AvgIpc) is 2.89. The van der Waals surface area contributed by atoms with Crippen LogP contribution in [0.5, 0.6) is 11.5 Å². The fourth-order valence-electron chi connectivity index (χ4n) is 2.35. The number of ether oxygens (including phenoxy) is 2. The molecule has 2 aromatic carbocycles. The maximum atomic E-state index is 12.7. The van der Waals surface area contributed by atoms with E-state index in [4.69, 9.17) is 21.7 Å². The van der Waals surface area contributed by atoms with Crippen LogP contribution in [-0.4, -0.2) is 24.4 Å². The van der Waals surface area contributed by atoms with E-state index in [1.807, 2.05) is 42.5 Å². The summed E-state index contributed by atoms with van der Waals surface area (Å²) in [4.78, 5) is 14.8. The van der Waals surface area contributed by atoms with Crippen molar-refractivity contribution in [1.29, 1.82) is 0 Å². The number of hydrogen-bond acceptors (Lipinski definition) is 5. The van der Waals surface area contributed by atoms with E-state index in [0.29, 0.717) is 20.7 Å². The van der Waals surface area contributed by atoms with Gasteiger partial charge in [-0.1, -0.05) is 42.2 Å². The van der Waals surface area contributed by atoms with Gasteiger partial charge in [-0.05, 0) is 30.3 Å². The Morgan fingerprint density at radius 3 is 2.50 bits per heavy atom. The normalized spacial score (nSPS) is 15.9. The largest absolute Gasteiger partial charge is 0.497 e. The molecule has 4 nitrogen and oxygen atoms in total. The van der Waals surface area contributed by atoms with Gasteiger partial charge in [-0.3, -0.25) is 9.69 Å². The Hall–Kier alpha value is -2.31. The van der Waals surface area contributed by atoms with Crippen LogP contribution < -0.4 is 14.4 Å². The van der Waals surface area contributed by atoms with E-state index in [2.05, 4.69) is 0 Å². The molecule has 6 heteroatoms. The molecule has 1 fully saturated rings. The highest BCUT2D eigenvalue weighted by Crippen LogP contribution is 2.37. The van der Waals surface area contributed by atoms with Crippen LogP contribution in [0.2, 0.25) is 0 Å². The maximum Gasteiger partial charge on any atom is 0.270 e. The first kappa shape index (κ1) is 16.5. The molecule has 122 valence electrons. The molecule has 0 N–H and O–H groups in total. The van der Waals surface area contributed by atoms with Gasteiger partial charge in [0.2, 0.25) is 0 Å². The number of amides is 1. The van der Waals surface area contributed by atoms with Crippen molar-refractivity contribution in [2.45, 2.75) is 0 Å². The number of hydrogen-bond donors (Lipinski definition) is 0. The van der Waals surface area contributed by atoms with Crippen molar-refractivity contribution < 1.29 is 14.3 Å². The third-order valence-corrected chi connectivity index (χ3v) is 4.84. The summed E-state index contributed by atoms with van der Waals surface area (Å²) in [5.74, 6) is 1.20. The highest BCUT2D eigenvalue weighted by Gasteiger charge is 2.33. The van der Waals surface area contributed by atoms with Crippen LogP contribution in [0, 0.1) is 0 Å². The lowest BCUT2D eigenvalue weighted by molar-refractivity contribution is -0.113. The Bertz CT molecular complexity index is 818. The second-order valence-corrected chi connectivity index (χ2v) is 6.64. The molecular formula is C18H15NO3S2. The van der Waals surface area contributed by atoms with Crippen LogP contribution in [0.1, 0.15) is 5.56 Å². The molecule has 1 aliphatic heterocycles. The number of anilines is 1. The summed E-state index contributed by atoms with van der Waals surface area (Å²) in [7, 11) is 3.18. The van der Waals surface area contributed by atoms with Crippen LogP contribution in [0.15, 0.2) is 53.4 Å². The highest BCUT2D eigenvalue weighted by atomic mass is 32.2. The smallest absolute Gasteiger partial charge is 0.270 e. The molecule has 0 saturated carbocycles. The summed E-state index contributed by atoms with van der Waals surface area (Å²) in [6.07, 6.45) is 1.79. The zero-order valence-corrected chi connectivity index (χ0v) is 14.8. The van der Waals surface area contributed by atoms with Gasteiger partial charge in [-0.2, -0.15) is 0 Å². The number of nitrogens with zero attached hydrogens (tertiary/aromatic N) is 1. The molecule has 0 bridgehead atoms. The minimum atomic E-state index is -0.130. The number of para-hydroxylation sites is 1. The number of carbonyl (C=O) groups excluding carboxylic acids is 1. The third-order valence-electron chi connectivity index (χ3n) is 3.54. The number of methoxy groups -OCH3 is 2. The SMILES string of the molecule is COc1ccc(C=C2SC(=S)N(c3ccccc3)C2=O)c(OC)c1. The number of thiocarbonyl (C=S) groups is 1. The second-order valence-electron chi connectivity index (χ2n) is 4.96. The topological polar surface area (TPSA) is 38.8 Å². The van der Waals surface area contributed by atoms with E-state index < -0.39 is 0 Å². The summed E-state index contributed by atoms with van der Waals surface area (Å²) in [6, 6.07) is 14.8. The number of rotatable bonds is 4. The van der Waals surface area contributed by atoms with E-state index in [0.717, 1.165) is 11.3 Å². The lowest BCUT2D eigenvalue weighted by atomic mass is 10.1. The van der Waals surface area contributed by atoms with Crippen molar-refractivity contribution >= 4 is 46.0 Å². The molecule has 2 aromatic rings. The minimum absolute atomic E-state index is 0.130. The summed E-state index contributed by atoms with van der Waals surface area (Å²) < 4.78 is 11.1. The zero-order chi connectivity index (χ0) is 17.1. The lowest BCUT2D eigenvalue weighted by Crippen LogP contribution is -2.27. The second kappa shape index (κ2) is 7.07. The fourth-order valence-corrected chi connectivity index (χ4v) is 3.64. The van der Waals surface area contributed by atoms with Crippen LogP contribution in [-0.2, 0) is 4.79 Å². The predicted octanol–water partition coefficient (Wildman–Crippen LogP) is 4.11. The Kier molecular flexibility index (Phi) is 4.87. The van der Waals surface area contributed by atoms with Crippen LogP contribution in [0.4, 0.5) is 5.69 Å². The molecule has 0 atom stereocenters. The van der Waals surface area contributed by atoms with Gasteiger partial charge in [0.05, 0.1) is 24.8 Å². The van der Waals surface area contributed by atoms with E-state index >= 15 is 0 Å². The Balaban J connectivity index is 1.95. The first-order valence-electron chi connectivity index (χ1n) is 7.19. The third kappa shape index (κ3) is 3.16. The van der Waals surface area contributed by atoms with Crippen molar-refractivity contribution in [2.24, 2.45) is 0 Å². The van der Waals surface area contributed by atoms with Crippen LogP contribution >= 0.6 is 24.0 Å². The standard InChI is InChI=1S/C18H15NO3S2/c1-21-14-9-8-12(15(11-14)22-2)10-16-17(20)19(18(23)24-16)13-6-4-3-5-7-13/h3-11H,1-2H3. The van der Waals surface area contributed by atoms with Gasteiger partial charge in [0, 0.05) is 11.6 Å². The Morgan fingerprint density at radius 2 is 1.83 bits per heavy atom. The quantitative estimate of drug-likeness (QED) is 0.608. The van der Waals surface area contributed by atoms with E-state index in [-0.39, 0.29) is 5.91 Å². The molecule has 0 radical (unpaired) electrons.